The lowest BCUT2D eigenvalue weighted by molar-refractivity contribution is 0.521. The Bertz CT molecular complexity index is 1170. The van der Waals surface area contributed by atoms with Crippen molar-refractivity contribution in [1.29, 1.82) is 5.26 Å². The molecule has 1 aromatic heterocycles. The van der Waals surface area contributed by atoms with Gasteiger partial charge in [-0.3, -0.25) is 0 Å². The standard InChI is InChI=1S/C25H23N5S/c26-16-21(24-28-27-23-14-8-3-9-15-29(23)24)25-30(17-19-10-4-1-5-11-19)22(18-31-25)20-12-6-2-7-13-20/h1-2,4-7,10-13,18H,3,8-9,14-15,17H2. The first-order chi connectivity index (χ1) is 15.3. The molecule has 5 rings (SSSR count). The van der Waals surface area contributed by atoms with Crippen LogP contribution in [0, 0.1) is 11.3 Å². The first-order valence-electron chi connectivity index (χ1n) is 10.7. The van der Waals surface area contributed by atoms with Crippen molar-refractivity contribution in [2.75, 3.05) is 0 Å². The van der Waals surface area contributed by atoms with Crippen molar-refractivity contribution in [2.45, 2.75) is 38.8 Å². The molecule has 3 aromatic rings. The van der Waals surface area contributed by atoms with Gasteiger partial charge in [0.05, 0.1) is 5.70 Å². The zero-order valence-corrected chi connectivity index (χ0v) is 18.1. The summed E-state index contributed by atoms with van der Waals surface area (Å²) in [4.78, 5) is 2.24. The molecule has 0 spiro atoms. The van der Waals surface area contributed by atoms with E-state index in [0.29, 0.717) is 17.9 Å². The Kier molecular flexibility index (Phi) is 5.59. The molecule has 0 saturated carbocycles. The number of hydrogen-bond donors (Lipinski definition) is 0. The van der Waals surface area contributed by atoms with Crippen LogP contribution in [0.5, 0.6) is 0 Å². The van der Waals surface area contributed by atoms with Crippen molar-refractivity contribution in [3.05, 3.63) is 93.9 Å². The van der Waals surface area contributed by atoms with Crippen molar-refractivity contribution >= 4 is 23.0 Å². The molecule has 0 unspecified atom stereocenters. The summed E-state index contributed by atoms with van der Waals surface area (Å²) in [7, 11) is 0. The average molecular weight is 426 g/mol. The van der Waals surface area contributed by atoms with Gasteiger partial charge in [-0.05, 0) is 24.0 Å². The summed E-state index contributed by atoms with van der Waals surface area (Å²) >= 11 is 1.60. The smallest absolute Gasteiger partial charge is 0.177 e. The summed E-state index contributed by atoms with van der Waals surface area (Å²) in [5.41, 5.74) is 4.04. The third-order valence-electron chi connectivity index (χ3n) is 5.73. The topological polar surface area (TPSA) is 57.7 Å². The number of aryl methyl sites for hydroxylation is 1. The molecule has 6 heteroatoms. The van der Waals surface area contributed by atoms with E-state index in [-0.39, 0.29) is 0 Å². The van der Waals surface area contributed by atoms with Gasteiger partial charge in [0.25, 0.3) is 0 Å². The van der Waals surface area contributed by atoms with E-state index in [4.69, 9.17) is 0 Å². The van der Waals surface area contributed by atoms with Crippen LogP contribution in [0.2, 0.25) is 0 Å². The lowest BCUT2D eigenvalue weighted by Crippen LogP contribution is -2.18. The van der Waals surface area contributed by atoms with Crippen LogP contribution in [0.3, 0.4) is 0 Å². The van der Waals surface area contributed by atoms with Gasteiger partial charge >= 0.3 is 0 Å². The van der Waals surface area contributed by atoms with E-state index in [1.165, 1.54) is 12.0 Å². The van der Waals surface area contributed by atoms with Gasteiger partial charge in [0, 0.05) is 24.9 Å². The average Bonchev–Trinajstić information content (AvgIpc) is 3.32. The normalized spacial score (nSPS) is 17.5. The van der Waals surface area contributed by atoms with Crippen LogP contribution >= 0.6 is 11.8 Å². The summed E-state index contributed by atoms with van der Waals surface area (Å²) < 4.78 is 2.15. The van der Waals surface area contributed by atoms with Crippen LogP contribution in [0.4, 0.5) is 0 Å². The van der Waals surface area contributed by atoms with Crippen LogP contribution < -0.4 is 0 Å². The van der Waals surface area contributed by atoms with Gasteiger partial charge in [-0.2, -0.15) is 5.26 Å². The third-order valence-corrected chi connectivity index (χ3v) is 6.72. The summed E-state index contributed by atoms with van der Waals surface area (Å²) in [6, 6.07) is 23.2. The van der Waals surface area contributed by atoms with Crippen molar-refractivity contribution < 1.29 is 0 Å². The quantitative estimate of drug-likeness (QED) is 0.521. The third kappa shape index (κ3) is 3.89. The highest BCUT2D eigenvalue weighted by Crippen LogP contribution is 2.44. The lowest BCUT2D eigenvalue weighted by atomic mass is 10.1. The number of nitriles is 1. The Labute approximate surface area is 186 Å². The molecule has 2 aliphatic heterocycles. The van der Waals surface area contributed by atoms with Crippen LogP contribution in [0.15, 0.2) is 71.1 Å². The van der Waals surface area contributed by atoms with Gasteiger partial charge < -0.3 is 9.47 Å². The zero-order chi connectivity index (χ0) is 21.0. The maximum atomic E-state index is 10.2. The summed E-state index contributed by atoms with van der Waals surface area (Å²) in [5.74, 6) is 1.69. The van der Waals surface area contributed by atoms with Crippen LogP contribution in [-0.4, -0.2) is 19.7 Å². The van der Waals surface area contributed by atoms with Gasteiger partial charge in [-0.1, -0.05) is 78.8 Å². The summed E-state index contributed by atoms with van der Waals surface area (Å²) in [5, 5.41) is 22.2. The van der Waals surface area contributed by atoms with Gasteiger partial charge in [0.2, 0.25) is 0 Å². The first-order valence-corrected chi connectivity index (χ1v) is 11.5. The van der Waals surface area contributed by atoms with Crippen LogP contribution in [0.1, 0.15) is 42.0 Å². The van der Waals surface area contributed by atoms with Gasteiger partial charge in [-0.25, -0.2) is 0 Å². The van der Waals surface area contributed by atoms with E-state index in [1.54, 1.807) is 11.8 Å². The van der Waals surface area contributed by atoms with Crippen molar-refractivity contribution in [1.82, 2.24) is 19.7 Å². The maximum absolute atomic E-state index is 10.2. The number of thioether (sulfide) groups is 1. The minimum Gasteiger partial charge on any atom is -0.329 e. The largest absolute Gasteiger partial charge is 0.329 e. The molecular weight excluding hydrogens is 402 g/mol. The minimum atomic E-state index is 0.601. The highest BCUT2D eigenvalue weighted by molar-refractivity contribution is 8.06. The Hall–Kier alpha value is -3.30. The summed E-state index contributed by atoms with van der Waals surface area (Å²) in [6.07, 6.45) is 4.34. The second kappa shape index (κ2) is 8.83. The first kappa shape index (κ1) is 19.7. The van der Waals surface area contributed by atoms with E-state index < -0.39 is 0 Å². The van der Waals surface area contributed by atoms with Crippen LogP contribution in [-0.2, 0) is 19.5 Å². The highest BCUT2D eigenvalue weighted by atomic mass is 32.2. The predicted molar refractivity (Wildman–Crippen MR) is 124 cm³/mol. The van der Waals surface area contributed by atoms with E-state index >= 15 is 0 Å². The fraction of sp³-hybridized carbons (Fsp3) is 0.240. The molecule has 0 atom stereocenters. The van der Waals surface area contributed by atoms with Gasteiger partial charge in [0.15, 0.2) is 5.82 Å². The van der Waals surface area contributed by atoms with Crippen LogP contribution in [0.25, 0.3) is 11.3 Å². The molecule has 2 aliphatic rings. The minimum absolute atomic E-state index is 0.601. The van der Waals surface area contributed by atoms with Crippen molar-refractivity contribution in [2.24, 2.45) is 0 Å². The van der Waals surface area contributed by atoms with E-state index in [1.807, 2.05) is 24.3 Å². The number of hydrogen-bond acceptors (Lipinski definition) is 5. The fourth-order valence-corrected chi connectivity index (χ4v) is 5.19. The fourth-order valence-electron chi connectivity index (χ4n) is 4.16. The molecule has 0 amide bonds. The molecule has 0 aliphatic carbocycles. The SMILES string of the molecule is N#CC(=C1SC=C(c2ccccc2)N1Cc1ccccc1)c1nnc2n1CCCCC2. The molecule has 0 bridgehead atoms. The number of benzene rings is 2. The number of rotatable bonds is 4. The maximum Gasteiger partial charge on any atom is 0.177 e. The Morgan fingerprint density at radius 1 is 0.968 bits per heavy atom. The summed E-state index contributed by atoms with van der Waals surface area (Å²) in [6.45, 7) is 1.56. The number of aromatic nitrogens is 3. The second-order valence-electron chi connectivity index (χ2n) is 7.75. The molecular formula is C25H23N5S. The number of fused-ring (bicyclic) bond motifs is 1. The molecule has 0 saturated heterocycles. The van der Waals surface area contributed by atoms with Gasteiger partial charge in [0.1, 0.15) is 22.5 Å². The van der Waals surface area contributed by atoms with E-state index in [0.717, 1.165) is 47.9 Å². The molecule has 0 radical (unpaired) electrons. The Balaban J connectivity index is 1.60. The molecule has 0 N–H and O–H groups in total. The molecule has 3 heterocycles. The predicted octanol–water partition coefficient (Wildman–Crippen LogP) is 5.44. The second-order valence-corrected chi connectivity index (χ2v) is 8.61. The Morgan fingerprint density at radius 3 is 2.52 bits per heavy atom. The molecule has 5 nitrogen and oxygen atoms in total. The van der Waals surface area contributed by atoms with Gasteiger partial charge in [-0.15, -0.1) is 10.2 Å². The highest BCUT2D eigenvalue weighted by Gasteiger charge is 2.29. The monoisotopic (exact) mass is 425 g/mol. The van der Waals surface area contributed by atoms with E-state index in [9.17, 15) is 5.26 Å². The lowest BCUT2D eigenvalue weighted by Gasteiger charge is -2.25. The molecule has 2 aromatic carbocycles. The zero-order valence-electron chi connectivity index (χ0n) is 17.2. The number of nitrogens with zero attached hydrogens (tertiary/aromatic N) is 5. The van der Waals surface area contributed by atoms with Crippen molar-refractivity contribution in [3.8, 4) is 6.07 Å². The molecule has 31 heavy (non-hydrogen) atoms. The van der Waals surface area contributed by atoms with Crippen molar-refractivity contribution in [3.63, 3.8) is 0 Å². The molecule has 0 fully saturated rings. The Morgan fingerprint density at radius 2 is 1.74 bits per heavy atom. The number of allylic oxidation sites excluding steroid dienone is 1. The molecule has 154 valence electrons. The van der Waals surface area contributed by atoms with E-state index in [2.05, 4.69) is 67.5 Å².